The van der Waals surface area contributed by atoms with E-state index in [2.05, 4.69) is 125 Å². The number of anilines is 1. The highest BCUT2D eigenvalue weighted by Gasteiger charge is 2.40. The van der Waals surface area contributed by atoms with Crippen LogP contribution in [0.5, 0.6) is 5.75 Å². The largest absolute Gasteiger partial charge is 0.543 e. The number of rotatable bonds is 4. The predicted octanol–water partition coefficient (Wildman–Crippen LogP) is 9.29. The second kappa shape index (κ2) is 8.58. The summed E-state index contributed by atoms with van der Waals surface area (Å²) in [6.07, 6.45) is 0. The number of benzene rings is 5. The number of hydrogen-bond donors (Lipinski definition) is 1. The molecule has 0 aliphatic heterocycles. The molecule has 0 aliphatic carbocycles. The van der Waals surface area contributed by atoms with Gasteiger partial charge in [-0.15, -0.1) is 0 Å². The van der Waals surface area contributed by atoms with Gasteiger partial charge in [-0.25, -0.2) is 0 Å². The Balaban J connectivity index is 1.93. The van der Waals surface area contributed by atoms with Crippen LogP contribution in [0.1, 0.15) is 20.8 Å². The molecule has 0 unspecified atom stereocenters. The zero-order valence-electron chi connectivity index (χ0n) is 21.2. The van der Waals surface area contributed by atoms with Gasteiger partial charge in [-0.2, -0.15) is 0 Å². The van der Waals surface area contributed by atoms with Gasteiger partial charge in [-0.1, -0.05) is 112 Å². The van der Waals surface area contributed by atoms with Crippen LogP contribution in [0.3, 0.4) is 0 Å². The summed E-state index contributed by atoms with van der Waals surface area (Å²) in [5, 5.41) is 4.58. The molecule has 0 aliphatic rings. The average Bonchev–Trinajstić information content (AvgIpc) is 2.85. The predicted molar refractivity (Wildman–Crippen MR) is 155 cm³/mol. The summed E-state index contributed by atoms with van der Waals surface area (Å²) in [4.78, 5) is 0. The van der Waals surface area contributed by atoms with E-state index in [1.165, 1.54) is 10.8 Å². The van der Waals surface area contributed by atoms with Gasteiger partial charge in [0.15, 0.2) is 0 Å². The van der Waals surface area contributed by atoms with Crippen molar-refractivity contribution in [3.8, 4) is 28.0 Å². The lowest BCUT2D eigenvalue weighted by molar-refractivity contribution is 0.498. The van der Waals surface area contributed by atoms with E-state index in [0.29, 0.717) is 0 Å². The van der Waals surface area contributed by atoms with E-state index in [1.54, 1.807) is 0 Å². The Labute approximate surface area is 209 Å². The topological polar surface area (TPSA) is 35.2 Å². The van der Waals surface area contributed by atoms with Crippen molar-refractivity contribution in [2.24, 2.45) is 0 Å². The molecule has 0 saturated carbocycles. The summed E-state index contributed by atoms with van der Waals surface area (Å²) < 4.78 is 7.18. The summed E-state index contributed by atoms with van der Waals surface area (Å²) in [5.74, 6) is 0.940. The van der Waals surface area contributed by atoms with E-state index in [9.17, 15) is 0 Å². The third-order valence-electron chi connectivity index (χ3n) is 7.47. The Hall–Kier alpha value is -3.56. The molecule has 5 aromatic rings. The highest BCUT2D eigenvalue weighted by Crippen LogP contribution is 2.51. The number of nitrogen functional groups attached to an aromatic ring is 1. The monoisotopic (exact) mass is 475 g/mol. The van der Waals surface area contributed by atoms with Gasteiger partial charge in [-0.05, 0) is 46.1 Å². The first-order chi connectivity index (χ1) is 16.7. The minimum Gasteiger partial charge on any atom is -0.543 e. The van der Waals surface area contributed by atoms with Gasteiger partial charge in [0.25, 0.3) is 8.32 Å². The van der Waals surface area contributed by atoms with Crippen molar-refractivity contribution in [3.05, 3.63) is 97.1 Å². The summed E-state index contributed by atoms with van der Waals surface area (Å²) in [6, 6.07) is 34.0. The maximum Gasteiger partial charge on any atom is 0.250 e. The van der Waals surface area contributed by atoms with E-state index in [0.717, 1.165) is 44.5 Å². The lowest BCUT2D eigenvalue weighted by atomic mass is 9.88. The molecule has 2 N–H and O–H groups in total. The van der Waals surface area contributed by atoms with Gasteiger partial charge in [0, 0.05) is 27.6 Å². The molecule has 35 heavy (non-hydrogen) atoms. The van der Waals surface area contributed by atoms with E-state index < -0.39 is 8.32 Å². The van der Waals surface area contributed by atoms with Crippen molar-refractivity contribution in [1.82, 2.24) is 0 Å². The average molecular weight is 476 g/mol. The molecule has 0 saturated heterocycles. The zero-order valence-corrected chi connectivity index (χ0v) is 22.2. The molecular weight excluding hydrogens is 442 g/mol. The zero-order chi connectivity index (χ0) is 24.8. The molecule has 3 heteroatoms. The molecule has 0 aromatic heterocycles. The Morgan fingerprint density at radius 2 is 1.23 bits per heavy atom. The normalized spacial score (nSPS) is 12.3. The van der Waals surface area contributed by atoms with E-state index in [-0.39, 0.29) is 5.04 Å². The van der Waals surface area contributed by atoms with Crippen molar-refractivity contribution in [2.75, 3.05) is 5.73 Å². The van der Waals surface area contributed by atoms with E-state index in [4.69, 9.17) is 10.2 Å². The third kappa shape index (κ3) is 4.10. The van der Waals surface area contributed by atoms with Crippen molar-refractivity contribution in [2.45, 2.75) is 38.9 Å². The maximum absolute atomic E-state index is 7.18. The second-order valence-corrected chi connectivity index (χ2v) is 15.6. The molecule has 0 radical (unpaired) electrons. The molecule has 0 amide bonds. The first kappa shape index (κ1) is 23.2. The van der Waals surface area contributed by atoms with Gasteiger partial charge in [-0.3, -0.25) is 0 Å². The fourth-order valence-electron chi connectivity index (χ4n) is 4.47. The lowest BCUT2D eigenvalue weighted by Gasteiger charge is -2.38. The third-order valence-corrected chi connectivity index (χ3v) is 11.8. The molecule has 0 heterocycles. The molecule has 2 nitrogen and oxygen atoms in total. The smallest absolute Gasteiger partial charge is 0.250 e. The van der Waals surface area contributed by atoms with E-state index in [1.807, 2.05) is 6.07 Å². The molecule has 0 fully saturated rings. The van der Waals surface area contributed by atoms with Crippen LogP contribution in [-0.2, 0) is 0 Å². The minimum absolute atomic E-state index is 0.0586. The van der Waals surface area contributed by atoms with E-state index >= 15 is 0 Å². The van der Waals surface area contributed by atoms with Crippen LogP contribution in [0.25, 0.3) is 43.8 Å². The molecule has 0 atom stereocenters. The molecule has 0 bridgehead atoms. The summed E-state index contributed by atoms with van der Waals surface area (Å²) in [6.45, 7) is 11.5. The minimum atomic E-state index is -2.16. The highest BCUT2D eigenvalue weighted by molar-refractivity contribution is 6.75. The number of fused-ring (bicyclic) bond motifs is 2. The first-order valence-corrected chi connectivity index (χ1v) is 15.2. The molecular formula is C32H33NOSi. The first-order valence-electron chi connectivity index (χ1n) is 12.3. The van der Waals surface area contributed by atoms with Gasteiger partial charge in [0.2, 0.25) is 0 Å². The quantitative estimate of drug-likeness (QED) is 0.208. The SMILES string of the molecule is CC(C)(C)[Si](C)(C)Oc1c(-c2ccc3ccccc3c2)c(-c2ccccc2)c(N)c2ccccc12. The summed E-state index contributed by atoms with van der Waals surface area (Å²) in [7, 11) is -2.16. The van der Waals surface area contributed by atoms with Crippen LogP contribution in [0, 0.1) is 0 Å². The number of nitrogens with two attached hydrogens (primary N) is 1. The van der Waals surface area contributed by atoms with Crippen LogP contribution >= 0.6 is 0 Å². The van der Waals surface area contributed by atoms with Crippen LogP contribution in [0.4, 0.5) is 5.69 Å². The molecule has 5 aromatic carbocycles. The van der Waals surface area contributed by atoms with Crippen molar-refractivity contribution < 1.29 is 4.43 Å². The standard InChI is InChI=1S/C32H33NOSi/c1-32(2,3)35(4,5)34-31-27-18-12-11-17-26(27)30(33)28(23-14-7-6-8-15-23)29(31)25-20-19-22-13-9-10-16-24(22)21-25/h6-21H,33H2,1-5H3. The fourth-order valence-corrected chi connectivity index (χ4v) is 5.50. The van der Waals surface area contributed by atoms with Crippen LogP contribution in [0.2, 0.25) is 18.1 Å². The molecule has 5 rings (SSSR count). The van der Waals surface area contributed by atoms with Crippen LogP contribution in [-0.4, -0.2) is 8.32 Å². The molecule has 176 valence electrons. The second-order valence-electron chi connectivity index (χ2n) is 10.8. The summed E-state index contributed by atoms with van der Waals surface area (Å²) in [5.41, 5.74) is 12.1. The highest BCUT2D eigenvalue weighted by atomic mass is 28.4. The van der Waals surface area contributed by atoms with Gasteiger partial charge >= 0.3 is 0 Å². The van der Waals surface area contributed by atoms with Gasteiger partial charge < -0.3 is 10.2 Å². The number of hydrogen-bond acceptors (Lipinski definition) is 2. The summed E-state index contributed by atoms with van der Waals surface area (Å²) >= 11 is 0. The van der Waals surface area contributed by atoms with Gasteiger partial charge in [0.05, 0.1) is 0 Å². The molecule has 0 spiro atoms. The van der Waals surface area contributed by atoms with Gasteiger partial charge in [0.1, 0.15) is 5.75 Å². The Bertz CT molecular complexity index is 1530. The van der Waals surface area contributed by atoms with Crippen molar-refractivity contribution in [1.29, 1.82) is 0 Å². The maximum atomic E-state index is 7.18. The Kier molecular flexibility index (Phi) is 5.69. The van der Waals surface area contributed by atoms with Crippen LogP contribution in [0.15, 0.2) is 97.1 Å². The van der Waals surface area contributed by atoms with Crippen LogP contribution < -0.4 is 10.2 Å². The Morgan fingerprint density at radius 3 is 1.91 bits per heavy atom. The Morgan fingerprint density at radius 1 is 0.629 bits per heavy atom. The van der Waals surface area contributed by atoms with Crippen molar-refractivity contribution in [3.63, 3.8) is 0 Å². The fraction of sp³-hybridized carbons (Fsp3) is 0.188. The van der Waals surface area contributed by atoms with Crippen molar-refractivity contribution >= 4 is 35.5 Å². The lowest BCUT2D eigenvalue weighted by Crippen LogP contribution is -2.44.